The van der Waals surface area contributed by atoms with Gasteiger partial charge in [-0.3, -0.25) is 4.79 Å². The number of carbonyl (C=O) groups is 1. The number of nitrogens with two attached hydrogens (primary N) is 1. The Bertz CT molecular complexity index is 464. The molecule has 0 radical (unpaired) electrons. The second kappa shape index (κ2) is 7.00. The quantitative estimate of drug-likeness (QED) is 0.342. The molecule has 1 atom stereocenters. The molecular weight excluding hydrogens is 250 g/mol. The van der Waals surface area contributed by atoms with E-state index in [0.29, 0.717) is 19.5 Å². The predicted octanol–water partition coefficient (Wildman–Crippen LogP) is 2.18. The molecule has 0 bridgehead atoms. The van der Waals surface area contributed by atoms with Crippen molar-refractivity contribution in [2.75, 3.05) is 13.1 Å². The van der Waals surface area contributed by atoms with Crippen LogP contribution < -0.4 is 11.1 Å². The highest BCUT2D eigenvalue weighted by molar-refractivity contribution is 7.12. The van der Waals surface area contributed by atoms with Crippen LogP contribution in [0, 0.1) is 13.8 Å². The van der Waals surface area contributed by atoms with Crippen LogP contribution in [0.1, 0.15) is 27.8 Å². The Morgan fingerprint density at radius 3 is 2.89 bits per heavy atom. The number of thiophene rings is 1. The number of nitrogens with zero attached hydrogens (tertiary/aromatic N) is 3. The summed E-state index contributed by atoms with van der Waals surface area (Å²) in [5.41, 5.74) is 14.5. The van der Waals surface area contributed by atoms with Gasteiger partial charge in [-0.2, -0.15) is 0 Å². The molecule has 1 heterocycles. The summed E-state index contributed by atoms with van der Waals surface area (Å²) in [6.07, 6.45) is 0.677. The van der Waals surface area contributed by atoms with Crippen molar-refractivity contribution in [3.63, 3.8) is 0 Å². The Morgan fingerprint density at radius 1 is 1.67 bits per heavy atom. The van der Waals surface area contributed by atoms with Crippen molar-refractivity contribution in [2.45, 2.75) is 26.3 Å². The van der Waals surface area contributed by atoms with E-state index in [-0.39, 0.29) is 5.91 Å². The van der Waals surface area contributed by atoms with Crippen LogP contribution in [-0.2, 0) is 4.79 Å². The summed E-state index contributed by atoms with van der Waals surface area (Å²) >= 11 is 1.65. The van der Waals surface area contributed by atoms with E-state index in [0.717, 1.165) is 15.3 Å². The van der Waals surface area contributed by atoms with Crippen LogP contribution in [0.5, 0.6) is 0 Å². The molecule has 0 fully saturated rings. The van der Waals surface area contributed by atoms with Gasteiger partial charge in [0.25, 0.3) is 0 Å². The lowest BCUT2D eigenvalue weighted by Gasteiger charge is -2.15. The molecule has 0 saturated carbocycles. The fourth-order valence-corrected chi connectivity index (χ4v) is 2.71. The maximum Gasteiger partial charge on any atom is 0.239 e. The molecule has 1 unspecified atom stereocenters. The van der Waals surface area contributed by atoms with Crippen LogP contribution in [0.25, 0.3) is 10.4 Å². The Balaban J connectivity index is 2.63. The predicted molar refractivity (Wildman–Crippen MR) is 72.4 cm³/mol. The first kappa shape index (κ1) is 14.5. The van der Waals surface area contributed by atoms with Gasteiger partial charge < -0.3 is 11.1 Å². The lowest BCUT2D eigenvalue weighted by molar-refractivity contribution is -0.120. The van der Waals surface area contributed by atoms with E-state index < -0.39 is 6.04 Å². The molecular formula is C11H17N5OS. The number of aryl methyl sites for hydroxylation is 2. The molecule has 1 aromatic rings. The Kier molecular flexibility index (Phi) is 5.64. The molecule has 0 spiro atoms. The van der Waals surface area contributed by atoms with Crippen LogP contribution >= 0.6 is 11.3 Å². The number of primary amides is 1. The molecule has 1 aromatic heterocycles. The molecule has 1 amide bonds. The van der Waals surface area contributed by atoms with E-state index >= 15 is 0 Å². The molecule has 0 saturated heterocycles. The largest absolute Gasteiger partial charge is 0.368 e. The van der Waals surface area contributed by atoms with E-state index in [1.165, 1.54) is 0 Å². The zero-order valence-electron chi connectivity index (χ0n) is 10.5. The molecule has 7 heteroatoms. The van der Waals surface area contributed by atoms with Crippen LogP contribution in [0.2, 0.25) is 0 Å². The van der Waals surface area contributed by atoms with Crippen molar-refractivity contribution in [3.05, 3.63) is 31.8 Å². The maximum atomic E-state index is 11.5. The summed E-state index contributed by atoms with van der Waals surface area (Å²) in [5.74, 6) is -0.389. The first-order valence-corrected chi connectivity index (χ1v) is 6.48. The van der Waals surface area contributed by atoms with E-state index in [1.54, 1.807) is 11.3 Å². The number of nitrogens with one attached hydrogen (secondary N) is 1. The number of azide groups is 1. The van der Waals surface area contributed by atoms with Crippen molar-refractivity contribution >= 4 is 17.2 Å². The number of hydrogen-bond acceptors (Lipinski definition) is 4. The lowest BCUT2D eigenvalue weighted by Crippen LogP contribution is -2.34. The zero-order valence-corrected chi connectivity index (χ0v) is 11.3. The number of carbonyl (C=O) groups excluding carboxylic acids is 1. The molecule has 0 aromatic carbocycles. The van der Waals surface area contributed by atoms with Crippen molar-refractivity contribution in [3.8, 4) is 0 Å². The highest BCUT2D eigenvalue weighted by Gasteiger charge is 2.20. The molecule has 0 aliphatic carbocycles. The van der Waals surface area contributed by atoms with Crippen LogP contribution in [0.4, 0.5) is 0 Å². The van der Waals surface area contributed by atoms with E-state index in [9.17, 15) is 4.79 Å². The second-order valence-electron chi connectivity index (χ2n) is 3.97. The average Bonchev–Trinajstić information content (AvgIpc) is 2.62. The Morgan fingerprint density at radius 2 is 2.39 bits per heavy atom. The molecule has 18 heavy (non-hydrogen) atoms. The van der Waals surface area contributed by atoms with Gasteiger partial charge in [-0.25, -0.2) is 0 Å². The number of rotatable bonds is 7. The lowest BCUT2D eigenvalue weighted by atomic mass is 10.1. The first-order valence-electron chi connectivity index (χ1n) is 5.66. The van der Waals surface area contributed by atoms with E-state index in [2.05, 4.69) is 15.3 Å². The van der Waals surface area contributed by atoms with Crippen molar-refractivity contribution < 1.29 is 4.79 Å². The molecule has 98 valence electrons. The molecule has 3 N–H and O–H groups in total. The fraction of sp³-hybridized carbons (Fsp3) is 0.545. The minimum atomic E-state index is -0.471. The summed E-state index contributed by atoms with van der Waals surface area (Å²) < 4.78 is 0. The van der Waals surface area contributed by atoms with Gasteiger partial charge in [0.15, 0.2) is 0 Å². The van der Waals surface area contributed by atoms with Gasteiger partial charge in [-0.05, 0) is 44.0 Å². The third-order valence-electron chi connectivity index (χ3n) is 2.52. The fourth-order valence-electron chi connectivity index (χ4n) is 1.74. The third kappa shape index (κ3) is 4.03. The molecule has 6 nitrogen and oxygen atoms in total. The molecule has 1 rings (SSSR count). The Labute approximate surface area is 110 Å². The van der Waals surface area contributed by atoms with E-state index in [4.69, 9.17) is 11.3 Å². The van der Waals surface area contributed by atoms with Crippen molar-refractivity contribution in [2.24, 2.45) is 10.8 Å². The number of hydrogen-bond donors (Lipinski definition) is 2. The smallest absolute Gasteiger partial charge is 0.239 e. The van der Waals surface area contributed by atoms with Crippen LogP contribution in [-0.4, -0.2) is 19.0 Å². The van der Waals surface area contributed by atoms with Crippen LogP contribution in [0.3, 0.4) is 0 Å². The summed E-state index contributed by atoms with van der Waals surface area (Å²) in [5, 5.41) is 6.53. The van der Waals surface area contributed by atoms with Crippen LogP contribution in [0.15, 0.2) is 11.2 Å². The maximum absolute atomic E-state index is 11.5. The second-order valence-corrected chi connectivity index (χ2v) is 5.43. The third-order valence-corrected chi connectivity index (χ3v) is 3.50. The minimum absolute atomic E-state index is 0.389. The highest BCUT2D eigenvalue weighted by Crippen LogP contribution is 2.26. The van der Waals surface area contributed by atoms with Gasteiger partial charge in [0.2, 0.25) is 5.91 Å². The molecule has 0 aliphatic heterocycles. The minimum Gasteiger partial charge on any atom is -0.368 e. The SMILES string of the molecule is Cc1cc(C(NCCCN=[N+]=[N-])C(N)=O)c(C)s1. The summed E-state index contributed by atoms with van der Waals surface area (Å²) in [7, 11) is 0. The first-order chi connectivity index (χ1) is 8.56. The Hall–Kier alpha value is -1.56. The van der Waals surface area contributed by atoms with Crippen molar-refractivity contribution in [1.29, 1.82) is 0 Å². The van der Waals surface area contributed by atoms with Gasteiger partial charge in [0.1, 0.15) is 6.04 Å². The van der Waals surface area contributed by atoms with Gasteiger partial charge in [-0.15, -0.1) is 11.3 Å². The highest BCUT2D eigenvalue weighted by atomic mass is 32.1. The summed E-state index contributed by atoms with van der Waals surface area (Å²) in [6.45, 7) is 4.98. The standard InChI is InChI=1S/C11H17N5OS/c1-7-6-9(8(2)18-7)10(11(12)17)14-4-3-5-15-16-13/h6,10,14H,3-5H2,1-2H3,(H2,12,17). The normalized spacial score (nSPS) is 11.9. The molecule has 0 aliphatic rings. The topological polar surface area (TPSA) is 104 Å². The zero-order chi connectivity index (χ0) is 13.5. The van der Waals surface area contributed by atoms with Crippen molar-refractivity contribution in [1.82, 2.24) is 5.32 Å². The number of amides is 1. The van der Waals surface area contributed by atoms with Gasteiger partial charge in [0, 0.05) is 21.2 Å². The average molecular weight is 267 g/mol. The van der Waals surface area contributed by atoms with Gasteiger partial charge >= 0.3 is 0 Å². The van der Waals surface area contributed by atoms with Gasteiger partial charge in [-0.1, -0.05) is 5.11 Å². The van der Waals surface area contributed by atoms with E-state index in [1.807, 2.05) is 19.9 Å². The monoisotopic (exact) mass is 267 g/mol. The summed E-state index contributed by atoms with van der Waals surface area (Å²) in [6, 6.07) is 1.51. The van der Waals surface area contributed by atoms with Gasteiger partial charge in [0.05, 0.1) is 0 Å². The summed E-state index contributed by atoms with van der Waals surface area (Å²) in [4.78, 5) is 16.4.